The van der Waals surface area contributed by atoms with Crippen molar-refractivity contribution in [1.82, 2.24) is 0 Å². The Morgan fingerprint density at radius 1 is 1.05 bits per heavy atom. The first-order chi connectivity index (χ1) is 9.79. The fourth-order valence-electron chi connectivity index (χ4n) is 1.77. The van der Waals surface area contributed by atoms with Crippen molar-refractivity contribution in [3.8, 4) is 0 Å². The van der Waals surface area contributed by atoms with Crippen LogP contribution in [0.5, 0.6) is 0 Å². The lowest BCUT2D eigenvalue weighted by Gasteiger charge is -2.09. The number of thioether (sulfide) groups is 2. The van der Waals surface area contributed by atoms with E-state index in [1.54, 1.807) is 23.5 Å². The van der Waals surface area contributed by atoms with E-state index in [1.807, 2.05) is 48.7 Å². The van der Waals surface area contributed by atoms with Crippen molar-refractivity contribution in [3.63, 3.8) is 0 Å². The van der Waals surface area contributed by atoms with Crippen LogP contribution in [0.2, 0.25) is 0 Å². The summed E-state index contributed by atoms with van der Waals surface area (Å²) >= 11 is 3.26. The molecule has 0 saturated heterocycles. The van der Waals surface area contributed by atoms with E-state index in [0.717, 1.165) is 16.3 Å². The van der Waals surface area contributed by atoms with Crippen molar-refractivity contribution in [2.75, 3.05) is 17.3 Å². The zero-order valence-corrected chi connectivity index (χ0v) is 13.0. The van der Waals surface area contributed by atoms with Crippen LogP contribution in [0.1, 0.15) is 5.56 Å². The monoisotopic (exact) mass is 303 g/mol. The van der Waals surface area contributed by atoms with Gasteiger partial charge in [0.15, 0.2) is 0 Å². The second-order valence-corrected chi connectivity index (χ2v) is 6.06. The van der Waals surface area contributed by atoms with Gasteiger partial charge in [0.25, 0.3) is 0 Å². The van der Waals surface area contributed by atoms with Crippen LogP contribution in [0.15, 0.2) is 59.5 Å². The number of anilines is 1. The molecule has 0 radical (unpaired) electrons. The summed E-state index contributed by atoms with van der Waals surface area (Å²) in [6.07, 6.45) is 2.01. The number of amides is 1. The number of carbonyl (C=O) groups is 1. The number of hydrogen-bond donors (Lipinski definition) is 1. The van der Waals surface area contributed by atoms with Crippen LogP contribution in [0, 0.1) is 0 Å². The van der Waals surface area contributed by atoms with Gasteiger partial charge in [-0.15, -0.1) is 23.5 Å². The second kappa shape index (κ2) is 8.02. The average molecular weight is 303 g/mol. The van der Waals surface area contributed by atoms with Crippen LogP contribution < -0.4 is 5.32 Å². The van der Waals surface area contributed by atoms with Crippen molar-refractivity contribution in [2.24, 2.45) is 0 Å². The standard InChI is InChI=1S/C16H17NOS2/c1-19-15-10-6-5-9-14(15)17-16(18)12-20-11-13-7-3-2-4-8-13/h2-10H,11-12H2,1H3,(H,17,18). The minimum Gasteiger partial charge on any atom is -0.324 e. The van der Waals surface area contributed by atoms with Crippen molar-refractivity contribution in [1.29, 1.82) is 0 Å². The molecule has 0 fully saturated rings. The molecule has 0 heterocycles. The molecule has 0 aliphatic rings. The molecule has 2 aromatic carbocycles. The maximum atomic E-state index is 11.9. The Bertz CT molecular complexity index is 557. The van der Waals surface area contributed by atoms with Gasteiger partial charge in [-0.1, -0.05) is 42.5 Å². The van der Waals surface area contributed by atoms with E-state index in [-0.39, 0.29) is 5.91 Å². The topological polar surface area (TPSA) is 29.1 Å². The molecule has 2 nitrogen and oxygen atoms in total. The summed E-state index contributed by atoms with van der Waals surface area (Å²) in [7, 11) is 0. The summed E-state index contributed by atoms with van der Waals surface area (Å²) in [4.78, 5) is 13.0. The maximum Gasteiger partial charge on any atom is 0.234 e. The van der Waals surface area contributed by atoms with Crippen molar-refractivity contribution in [2.45, 2.75) is 10.6 Å². The van der Waals surface area contributed by atoms with Crippen molar-refractivity contribution < 1.29 is 4.79 Å². The molecule has 0 unspecified atom stereocenters. The van der Waals surface area contributed by atoms with Gasteiger partial charge in [0.2, 0.25) is 5.91 Å². The Kier molecular flexibility index (Phi) is 6.02. The van der Waals surface area contributed by atoms with Crippen LogP contribution in [-0.2, 0) is 10.5 Å². The molecule has 104 valence electrons. The van der Waals surface area contributed by atoms with Gasteiger partial charge >= 0.3 is 0 Å². The number of benzene rings is 2. The maximum absolute atomic E-state index is 11.9. The minimum atomic E-state index is 0.0485. The Balaban J connectivity index is 1.81. The van der Waals surface area contributed by atoms with Gasteiger partial charge in [0.05, 0.1) is 11.4 Å². The fourth-order valence-corrected chi connectivity index (χ4v) is 3.11. The summed E-state index contributed by atoms with van der Waals surface area (Å²) in [5, 5.41) is 2.97. The minimum absolute atomic E-state index is 0.0485. The normalized spacial score (nSPS) is 10.2. The number of carbonyl (C=O) groups excluding carboxylic acids is 1. The molecular weight excluding hydrogens is 286 g/mol. The lowest BCUT2D eigenvalue weighted by Crippen LogP contribution is -2.14. The second-order valence-electron chi connectivity index (χ2n) is 4.23. The summed E-state index contributed by atoms with van der Waals surface area (Å²) in [6, 6.07) is 18.1. The van der Waals surface area contributed by atoms with E-state index in [1.165, 1.54) is 5.56 Å². The summed E-state index contributed by atoms with van der Waals surface area (Å²) in [5.41, 5.74) is 2.14. The highest BCUT2D eigenvalue weighted by Gasteiger charge is 2.06. The van der Waals surface area contributed by atoms with Crippen molar-refractivity contribution >= 4 is 35.1 Å². The van der Waals surface area contributed by atoms with Gasteiger partial charge in [0.1, 0.15) is 0 Å². The van der Waals surface area contributed by atoms with Gasteiger partial charge in [-0.3, -0.25) is 4.79 Å². The first kappa shape index (κ1) is 15.0. The van der Waals surface area contributed by atoms with Gasteiger partial charge in [-0.25, -0.2) is 0 Å². The Morgan fingerprint density at radius 3 is 2.50 bits per heavy atom. The van der Waals surface area contributed by atoms with Gasteiger partial charge in [0, 0.05) is 10.6 Å². The lowest BCUT2D eigenvalue weighted by atomic mass is 10.2. The molecule has 2 rings (SSSR count). The van der Waals surface area contributed by atoms with Gasteiger partial charge in [-0.05, 0) is 24.0 Å². The van der Waals surface area contributed by atoms with E-state index in [0.29, 0.717) is 5.75 Å². The summed E-state index contributed by atoms with van der Waals surface area (Å²) in [5.74, 6) is 1.38. The average Bonchev–Trinajstić information content (AvgIpc) is 2.49. The SMILES string of the molecule is CSc1ccccc1NC(=O)CSCc1ccccc1. The molecule has 0 aromatic heterocycles. The largest absolute Gasteiger partial charge is 0.324 e. The van der Waals surface area contributed by atoms with Gasteiger partial charge in [-0.2, -0.15) is 0 Å². The Hall–Kier alpha value is -1.39. The fraction of sp³-hybridized carbons (Fsp3) is 0.188. The molecule has 0 saturated carbocycles. The smallest absolute Gasteiger partial charge is 0.234 e. The highest BCUT2D eigenvalue weighted by molar-refractivity contribution is 7.99. The van der Waals surface area contributed by atoms with Crippen LogP contribution in [0.25, 0.3) is 0 Å². The first-order valence-corrected chi connectivity index (χ1v) is 8.72. The van der Waals surface area contributed by atoms with E-state index in [9.17, 15) is 4.79 Å². The molecule has 20 heavy (non-hydrogen) atoms. The number of rotatable bonds is 6. The molecule has 4 heteroatoms. The molecule has 0 spiro atoms. The predicted octanol–water partition coefficient (Wildman–Crippen LogP) is 4.28. The van der Waals surface area contributed by atoms with E-state index in [2.05, 4.69) is 17.4 Å². The summed E-state index contributed by atoms with van der Waals surface area (Å²) in [6.45, 7) is 0. The van der Waals surface area contributed by atoms with E-state index in [4.69, 9.17) is 0 Å². The zero-order chi connectivity index (χ0) is 14.2. The van der Waals surface area contributed by atoms with Crippen LogP contribution in [0.4, 0.5) is 5.69 Å². The predicted molar refractivity (Wildman–Crippen MR) is 89.5 cm³/mol. The van der Waals surface area contributed by atoms with E-state index >= 15 is 0 Å². The highest BCUT2D eigenvalue weighted by atomic mass is 32.2. The molecule has 0 aliphatic heterocycles. The molecular formula is C16H17NOS2. The molecule has 0 bridgehead atoms. The molecule has 0 aliphatic carbocycles. The third-order valence-electron chi connectivity index (χ3n) is 2.73. The van der Waals surface area contributed by atoms with Crippen LogP contribution in [-0.4, -0.2) is 17.9 Å². The zero-order valence-electron chi connectivity index (χ0n) is 11.3. The highest BCUT2D eigenvalue weighted by Crippen LogP contribution is 2.24. The lowest BCUT2D eigenvalue weighted by molar-refractivity contribution is -0.113. The molecule has 0 atom stereocenters. The van der Waals surface area contributed by atoms with Crippen LogP contribution >= 0.6 is 23.5 Å². The number of hydrogen-bond acceptors (Lipinski definition) is 3. The molecule has 1 amide bonds. The summed E-state index contributed by atoms with van der Waals surface area (Å²) < 4.78 is 0. The molecule has 1 N–H and O–H groups in total. The van der Waals surface area contributed by atoms with Gasteiger partial charge < -0.3 is 5.32 Å². The number of nitrogens with one attached hydrogen (secondary N) is 1. The third kappa shape index (κ3) is 4.62. The van der Waals surface area contributed by atoms with Crippen molar-refractivity contribution in [3.05, 3.63) is 60.2 Å². The first-order valence-electron chi connectivity index (χ1n) is 6.34. The quantitative estimate of drug-likeness (QED) is 0.808. The third-order valence-corrected chi connectivity index (χ3v) is 4.53. The van der Waals surface area contributed by atoms with Crippen LogP contribution in [0.3, 0.4) is 0 Å². The van der Waals surface area contributed by atoms with E-state index < -0.39 is 0 Å². The molecule has 2 aromatic rings. The Morgan fingerprint density at radius 2 is 1.75 bits per heavy atom. The Labute approximate surface area is 128 Å². The number of para-hydroxylation sites is 1.